The van der Waals surface area contributed by atoms with E-state index in [4.69, 9.17) is 40.5 Å². The van der Waals surface area contributed by atoms with Crippen LogP contribution >= 0.6 is 0 Å². The number of amidine groups is 4. The molecule has 5 saturated carbocycles. The largest absolute Gasteiger partial charge is 0.322 e. The fraction of sp³-hybridized carbons (Fsp3) is 0.416. The molecule has 4 aliphatic heterocycles. The minimum atomic E-state index is -4.01. The molecule has 48 heteroatoms. The van der Waals surface area contributed by atoms with Gasteiger partial charge in [-0.15, -0.1) is 0 Å². The van der Waals surface area contributed by atoms with Gasteiger partial charge in [-0.3, -0.25) is 80.0 Å². The number of fused-ring (bicyclic) bond motifs is 16. The predicted molar refractivity (Wildman–Crippen MR) is 519 cm³/mol. The van der Waals surface area contributed by atoms with Gasteiger partial charge in [0, 0.05) is 94.2 Å². The Balaban J connectivity index is 0.000000122. The molecular weight excluding hydrogens is 1850 g/mol. The first-order chi connectivity index (χ1) is 65.4. The molecule has 9 aliphatic rings. The van der Waals surface area contributed by atoms with Crippen LogP contribution in [0.1, 0.15) is 162 Å². The van der Waals surface area contributed by atoms with Crippen molar-refractivity contribution in [2.45, 2.75) is 216 Å². The number of rotatable bonds is 15. The van der Waals surface area contributed by atoms with Gasteiger partial charge in [0.1, 0.15) is 115 Å². The number of hydrogen-bond acceptors (Lipinski definition) is 28. The van der Waals surface area contributed by atoms with Crippen LogP contribution in [0.3, 0.4) is 0 Å². The molecule has 0 saturated heterocycles. The summed E-state index contributed by atoms with van der Waals surface area (Å²) in [5.74, 6) is 5.42. The summed E-state index contributed by atoms with van der Waals surface area (Å²) in [7, 11) is -6.84. The van der Waals surface area contributed by atoms with Crippen LogP contribution in [0.2, 0.25) is 0 Å². The Morgan fingerprint density at radius 2 is 0.664 bits per heavy atom. The zero-order chi connectivity index (χ0) is 96.8. The van der Waals surface area contributed by atoms with E-state index in [9.17, 15) is 51.2 Å². The summed E-state index contributed by atoms with van der Waals surface area (Å²) in [6.45, 7) is 7.00. The highest BCUT2D eigenvalue weighted by Crippen LogP contribution is 2.51. The zero-order valence-corrected chi connectivity index (χ0v) is 79.9. The van der Waals surface area contributed by atoms with Crippen molar-refractivity contribution in [3.05, 3.63) is 145 Å². The first-order valence-corrected chi connectivity index (χ1v) is 51.6. The van der Waals surface area contributed by atoms with E-state index in [2.05, 4.69) is 150 Å². The summed E-state index contributed by atoms with van der Waals surface area (Å²) in [6, 6.07) is 22.5. The van der Waals surface area contributed by atoms with E-state index in [0.29, 0.717) is 6.04 Å². The van der Waals surface area contributed by atoms with Crippen molar-refractivity contribution >= 4 is 177 Å². The van der Waals surface area contributed by atoms with E-state index in [1.807, 2.05) is 37.2 Å². The van der Waals surface area contributed by atoms with E-state index >= 15 is 0 Å². The molecule has 137 heavy (non-hydrogen) atoms. The quantitative estimate of drug-likeness (QED) is 0.0424. The maximum Gasteiger partial charge on any atom is 0.238 e. The van der Waals surface area contributed by atoms with Crippen LogP contribution in [0, 0.1) is 23.3 Å². The van der Waals surface area contributed by atoms with Crippen LogP contribution in [0.5, 0.6) is 0 Å². The third-order valence-corrected chi connectivity index (χ3v) is 30.7. The third kappa shape index (κ3) is 17.6. The lowest BCUT2D eigenvalue weighted by Crippen LogP contribution is -2.62. The first kappa shape index (κ1) is 94.4. The standard InChI is InChI=1S/C23H27FN8O2S.C23H29FN8O2S.C22H27FN8O2S.C21H25FN8O2S/c1-26-21-23(9-3-2-4-10-23)31-19(32(30-21)15-5-6-15)11-14-13-27-22(29-20(14)31)28-18-8-7-16(12-17(18)24)35(25,33)34;1-14(2)32-19-11-15-13-27-22(28-18-8-7-16(12-17(18)24)35(25,33)34)29-20(15)31(19)23(21(26-3)30-32)9-5-4-6-10-23;1-3-30-18-11-14-13-26-21(27-17-8-7-15(12-16(17)23)34(24,32)33)28-19(14)31(18)22(20(25-2)29-30)9-5-4-6-10-22;1-24-19-21(8-4-3-5-9-21)30-17(29(2)28-19)10-13-12-25-20(27-18(13)30)26-16-7-6-14(11-15(16)22)33(23,31)32/h7-8,11-13,15H,2-6,9-10H2,1H3,(H,26,30)(H2,25,33,34)(H,27,28,29);7-8,11-14H,4-6,9-10H2,1-3H3,(H,26,30)(H2,25,33,34)(H,27,28,29);7-8,11-13H,3-6,9-10H2,1-2H3,(H,25,29)(H2,24,32,33)(H,26,27,28);6-7,10-12H,3-5,8-9H2,1-2H3,(H,24,28)(H2,23,31,32)(H,25,26,27). The number of nitrogens with one attached hydrogen (secondary N) is 8. The molecule has 724 valence electrons. The van der Waals surface area contributed by atoms with Gasteiger partial charge in [-0.25, -0.2) is 91.7 Å². The number of nitrogens with zero attached hydrogens (tertiary/aromatic N) is 20. The molecule has 0 amide bonds. The summed E-state index contributed by atoms with van der Waals surface area (Å²) < 4.78 is 160. The molecular formula is C89H108F4N32O8S4. The minimum Gasteiger partial charge on any atom is -0.322 e. The van der Waals surface area contributed by atoms with Gasteiger partial charge < -0.3 is 21.3 Å². The monoisotopic (exact) mass is 1960 g/mol. The number of sulfonamides is 4. The molecule has 4 spiro atoms. The first-order valence-electron chi connectivity index (χ1n) is 45.4. The van der Waals surface area contributed by atoms with Crippen molar-refractivity contribution in [3.8, 4) is 0 Å². The number of primary sulfonamides is 4. The fourth-order valence-corrected chi connectivity index (χ4v) is 22.6. The van der Waals surface area contributed by atoms with Gasteiger partial charge in [0.15, 0.2) is 0 Å². The van der Waals surface area contributed by atoms with Crippen LogP contribution in [-0.2, 0) is 62.2 Å². The van der Waals surface area contributed by atoms with Gasteiger partial charge in [0.2, 0.25) is 63.9 Å². The third-order valence-electron chi connectivity index (χ3n) is 27.1. The van der Waals surface area contributed by atoms with E-state index in [1.54, 1.807) is 38.9 Å². The number of anilines is 12. The Bertz CT molecular complexity index is 7170. The molecule has 8 aromatic heterocycles. The molecule has 5 aliphatic carbocycles. The summed E-state index contributed by atoms with van der Waals surface area (Å²) in [6.07, 6.45) is 30.1. The maximum absolute atomic E-state index is 14.6. The van der Waals surface area contributed by atoms with Gasteiger partial charge in [-0.2, -0.15) is 19.9 Å². The molecule has 0 radical (unpaired) electrons. The Labute approximate surface area is 788 Å². The fourth-order valence-electron chi connectivity index (χ4n) is 20.5. The summed E-state index contributed by atoms with van der Waals surface area (Å²) >= 11 is 0. The SMILES string of the molecule is CCN1NC(=NC)C2(CCCCC2)n2c1cc1cnc(Nc3ccc(S(N)(=O)=O)cc3F)nc12.CN=C1NN(C(C)C)c2cc3cnc(Nc4ccc(S(N)(=O)=O)cc4F)nc3n2C12CCCCC2.CN=C1NN(C)c2cc3cnc(Nc4ccc(S(N)(=O)=O)cc4F)nc3n2C12CCCCC2.CN=C1NN(C2CC2)c2cc3cnc(Nc4ccc(S(N)(=O)=O)cc4F)nc3n2C12CCCCC2. The second-order valence-electron chi connectivity index (χ2n) is 36.0. The van der Waals surface area contributed by atoms with Gasteiger partial charge in [0.05, 0.1) is 48.4 Å². The average Bonchev–Trinajstić information content (AvgIpc) is 1.54. The molecule has 21 rings (SSSR count). The Morgan fingerprint density at radius 3 is 0.964 bits per heavy atom. The van der Waals surface area contributed by atoms with Gasteiger partial charge in [0.25, 0.3) is 0 Å². The van der Waals surface area contributed by atoms with Crippen LogP contribution in [0.15, 0.2) is 161 Å². The molecule has 5 fully saturated rings. The lowest BCUT2D eigenvalue weighted by molar-refractivity contribution is 0.267. The molecule has 12 aromatic rings. The Hall–Kier alpha value is -13.0. The second-order valence-corrected chi connectivity index (χ2v) is 42.2. The summed E-state index contributed by atoms with van der Waals surface area (Å²) in [5, 5.41) is 43.6. The molecule has 40 nitrogen and oxygen atoms in total. The second kappa shape index (κ2) is 36.5. The van der Waals surface area contributed by atoms with E-state index in [1.165, 1.54) is 74.2 Å². The summed E-state index contributed by atoms with van der Waals surface area (Å²) in [4.78, 5) is 53.9. The van der Waals surface area contributed by atoms with Crippen molar-refractivity contribution in [1.82, 2.24) is 79.8 Å². The van der Waals surface area contributed by atoms with Gasteiger partial charge >= 0.3 is 0 Å². The molecule has 0 unspecified atom stereocenters. The summed E-state index contributed by atoms with van der Waals surface area (Å²) in [5.41, 5.74) is 15.9. The Kier molecular flexibility index (Phi) is 25.1. The highest BCUT2D eigenvalue weighted by Gasteiger charge is 2.52. The molecule has 12 heterocycles. The molecule has 4 aromatic carbocycles. The highest BCUT2D eigenvalue weighted by atomic mass is 32.2. The molecule has 16 N–H and O–H groups in total. The van der Waals surface area contributed by atoms with Crippen LogP contribution in [-0.4, -0.2) is 169 Å². The number of hydrogen-bond donors (Lipinski definition) is 12. The number of aromatic nitrogens is 12. The van der Waals surface area contributed by atoms with Crippen molar-refractivity contribution in [2.24, 2.45) is 40.5 Å². The van der Waals surface area contributed by atoms with Gasteiger partial charge in [-0.1, -0.05) is 77.0 Å². The number of benzene rings is 4. The topological polar surface area (TPSA) is 522 Å². The minimum absolute atomic E-state index is 0.0501. The normalized spacial score (nSPS) is 19.4. The van der Waals surface area contributed by atoms with Crippen LogP contribution in [0.4, 0.5) is 87.4 Å². The van der Waals surface area contributed by atoms with Crippen LogP contribution in [0.25, 0.3) is 44.1 Å². The van der Waals surface area contributed by atoms with Crippen molar-refractivity contribution in [3.63, 3.8) is 0 Å². The lowest BCUT2D eigenvalue weighted by Gasteiger charge is -2.49. The Morgan fingerprint density at radius 1 is 0.387 bits per heavy atom. The number of aliphatic imine (C=N–C) groups is 4. The molecule has 0 bridgehead atoms. The highest BCUT2D eigenvalue weighted by molar-refractivity contribution is 7.90. The number of halogens is 4. The number of hydrazine groups is 4. The smallest absolute Gasteiger partial charge is 0.238 e. The van der Waals surface area contributed by atoms with Crippen molar-refractivity contribution in [2.75, 3.05) is 83.1 Å². The zero-order valence-electron chi connectivity index (χ0n) is 76.6. The van der Waals surface area contributed by atoms with E-state index in [0.717, 1.165) is 237 Å². The predicted octanol–water partition coefficient (Wildman–Crippen LogP) is 12.1. The molecule has 0 atom stereocenters. The van der Waals surface area contributed by atoms with Crippen molar-refractivity contribution < 1.29 is 51.2 Å². The van der Waals surface area contributed by atoms with Crippen LogP contribution < -0.4 is 83.6 Å². The number of nitrogens with two attached hydrogens (primary N) is 4. The van der Waals surface area contributed by atoms with Gasteiger partial charge in [-0.05, 0) is 182 Å². The lowest BCUT2D eigenvalue weighted by atomic mass is 9.79. The van der Waals surface area contributed by atoms with E-state index in [-0.39, 0.29) is 94.3 Å². The van der Waals surface area contributed by atoms with Crippen molar-refractivity contribution in [1.29, 1.82) is 0 Å². The van der Waals surface area contributed by atoms with E-state index < -0.39 is 63.4 Å². The maximum atomic E-state index is 14.6. The average molecular weight is 1960 g/mol.